The maximum atomic E-state index is 11.1. The molecule has 1 aromatic heterocycles. The van der Waals surface area contributed by atoms with Gasteiger partial charge in [0.1, 0.15) is 10.9 Å². The van der Waals surface area contributed by atoms with E-state index in [1.54, 1.807) is 24.3 Å². The first kappa shape index (κ1) is 12.1. The predicted octanol–water partition coefficient (Wildman–Crippen LogP) is 3.67. The maximum absolute atomic E-state index is 11.1. The van der Waals surface area contributed by atoms with Crippen LogP contribution >= 0.6 is 23.2 Å². The maximum Gasteiger partial charge on any atom is 0.255 e. The molecule has 0 saturated carbocycles. The number of benzene rings is 1. The smallest absolute Gasteiger partial charge is 0.255 e. The molecule has 0 aliphatic heterocycles. The summed E-state index contributed by atoms with van der Waals surface area (Å²) in [5.74, 6) is 0.720. The van der Waals surface area contributed by atoms with Crippen LogP contribution in [0.15, 0.2) is 24.3 Å². The van der Waals surface area contributed by atoms with Gasteiger partial charge in [0.05, 0.1) is 17.7 Å². The van der Waals surface area contributed by atoms with E-state index >= 15 is 0 Å². The van der Waals surface area contributed by atoms with Crippen molar-refractivity contribution in [2.24, 2.45) is 0 Å². The summed E-state index contributed by atoms with van der Waals surface area (Å²) in [6, 6.07) is 7.00. The van der Waals surface area contributed by atoms with Crippen molar-refractivity contribution in [3.63, 3.8) is 0 Å². The number of rotatable bonds is 3. The molecule has 0 saturated heterocycles. The van der Waals surface area contributed by atoms with Crippen molar-refractivity contribution in [1.82, 2.24) is 4.98 Å². The van der Waals surface area contributed by atoms with Crippen molar-refractivity contribution in [2.45, 2.75) is 6.92 Å². The molecule has 0 bridgehead atoms. The molecule has 0 spiro atoms. The highest BCUT2D eigenvalue weighted by atomic mass is 35.5. The Morgan fingerprint density at radius 1 is 1.41 bits per heavy atom. The Hall–Kier alpha value is -1.32. The van der Waals surface area contributed by atoms with E-state index in [4.69, 9.17) is 27.9 Å². The first-order chi connectivity index (χ1) is 8.11. The number of aromatic nitrogens is 1. The third-order valence-corrected chi connectivity index (χ3v) is 2.75. The lowest BCUT2D eigenvalue weighted by Gasteiger charge is -2.06. The molecule has 2 aromatic rings. The molecule has 88 valence electrons. The average Bonchev–Trinajstić information content (AvgIpc) is 2.28. The molecule has 1 aromatic carbocycles. The molecule has 3 nitrogen and oxygen atoms in total. The minimum atomic E-state index is -0.619. The Morgan fingerprint density at radius 2 is 2.18 bits per heavy atom. The second kappa shape index (κ2) is 4.90. The molecule has 0 atom stereocenters. The lowest BCUT2D eigenvalue weighted by atomic mass is 10.1. The quantitative estimate of drug-likeness (QED) is 0.631. The van der Waals surface area contributed by atoms with Crippen molar-refractivity contribution >= 4 is 39.3 Å². The zero-order valence-electron chi connectivity index (χ0n) is 9.04. The average molecular weight is 270 g/mol. The number of carbonyl (C=O) groups excluding carboxylic acids is 1. The third kappa shape index (κ3) is 2.51. The monoisotopic (exact) mass is 269 g/mol. The van der Waals surface area contributed by atoms with Gasteiger partial charge in [0.15, 0.2) is 0 Å². The van der Waals surface area contributed by atoms with Crippen LogP contribution in [0.25, 0.3) is 10.9 Å². The molecule has 0 aliphatic carbocycles. The van der Waals surface area contributed by atoms with Crippen LogP contribution in [0.1, 0.15) is 17.3 Å². The molecule has 0 unspecified atom stereocenters. The number of carbonyl (C=O) groups is 1. The van der Waals surface area contributed by atoms with E-state index in [9.17, 15) is 4.79 Å². The van der Waals surface area contributed by atoms with Crippen LogP contribution in [0, 0.1) is 0 Å². The molecule has 17 heavy (non-hydrogen) atoms. The van der Waals surface area contributed by atoms with Gasteiger partial charge < -0.3 is 4.74 Å². The van der Waals surface area contributed by atoms with Crippen LogP contribution in [-0.4, -0.2) is 16.8 Å². The highest BCUT2D eigenvalue weighted by Gasteiger charge is 2.11. The molecule has 0 fully saturated rings. The highest BCUT2D eigenvalue weighted by Crippen LogP contribution is 2.25. The standard InChI is InChI=1S/C12H9Cl2NO2/c1-2-17-8-3-4-10-7(5-8)6-9(12(14)16)11(13)15-10/h3-6H,2H2,1H3. The Bertz CT molecular complexity index is 584. The number of halogens is 2. The van der Waals surface area contributed by atoms with E-state index in [2.05, 4.69) is 4.98 Å². The first-order valence-electron chi connectivity index (χ1n) is 5.04. The fourth-order valence-electron chi connectivity index (χ4n) is 1.53. The second-order valence-electron chi connectivity index (χ2n) is 3.39. The zero-order valence-corrected chi connectivity index (χ0v) is 10.5. The highest BCUT2D eigenvalue weighted by molar-refractivity contribution is 6.68. The van der Waals surface area contributed by atoms with Crippen LogP contribution in [-0.2, 0) is 0 Å². The molecular weight excluding hydrogens is 261 g/mol. The molecule has 5 heteroatoms. The first-order valence-corrected chi connectivity index (χ1v) is 5.80. The second-order valence-corrected chi connectivity index (χ2v) is 4.09. The minimum Gasteiger partial charge on any atom is -0.494 e. The Labute approximate surface area is 108 Å². The molecular formula is C12H9Cl2NO2. The van der Waals surface area contributed by atoms with Crippen molar-refractivity contribution in [1.29, 1.82) is 0 Å². The zero-order chi connectivity index (χ0) is 12.4. The van der Waals surface area contributed by atoms with E-state index in [1.165, 1.54) is 0 Å². The molecule has 0 radical (unpaired) electrons. The van der Waals surface area contributed by atoms with Crippen molar-refractivity contribution in [3.8, 4) is 5.75 Å². The summed E-state index contributed by atoms with van der Waals surface area (Å²) < 4.78 is 5.37. The van der Waals surface area contributed by atoms with E-state index in [0.717, 1.165) is 11.1 Å². The van der Waals surface area contributed by atoms with Crippen molar-refractivity contribution in [3.05, 3.63) is 35.0 Å². The van der Waals surface area contributed by atoms with Crippen molar-refractivity contribution in [2.75, 3.05) is 6.61 Å². The topological polar surface area (TPSA) is 39.2 Å². The third-order valence-electron chi connectivity index (χ3n) is 2.26. The van der Waals surface area contributed by atoms with Gasteiger partial charge in [-0.2, -0.15) is 0 Å². The predicted molar refractivity (Wildman–Crippen MR) is 68.1 cm³/mol. The summed E-state index contributed by atoms with van der Waals surface area (Å²) in [5, 5.41) is 0.261. The van der Waals surface area contributed by atoms with E-state index in [1.807, 2.05) is 6.92 Å². The van der Waals surface area contributed by atoms with E-state index in [0.29, 0.717) is 12.1 Å². The lowest BCUT2D eigenvalue weighted by Crippen LogP contribution is -1.95. The summed E-state index contributed by atoms with van der Waals surface area (Å²) in [4.78, 5) is 15.2. The number of hydrogen-bond donors (Lipinski definition) is 0. The number of nitrogens with zero attached hydrogens (tertiary/aromatic N) is 1. The van der Waals surface area contributed by atoms with Crippen LogP contribution in [0.2, 0.25) is 5.15 Å². The van der Waals surface area contributed by atoms with Gasteiger partial charge in [-0.05, 0) is 42.8 Å². The summed E-state index contributed by atoms with van der Waals surface area (Å²) >= 11 is 11.3. The van der Waals surface area contributed by atoms with Gasteiger partial charge in [0.2, 0.25) is 0 Å². The molecule has 2 rings (SSSR count). The number of ether oxygens (including phenoxy) is 1. The van der Waals surface area contributed by atoms with Gasteiger partial charge in [-0.1, -0.05) is 11.6 Å². The fraction of sp³-hybridized carbons (Fsp3) is 0.167. The van der Waals surface area contributed by atoms with E-state index < -0.39 is 5.24 Å². The molecule has 0 N–H and O–H groups in total. The van der Waals surface area contributed by atoms with Gasteiger partial charge in [-0.15, -0.1) is 0 Å². The largest absolute Gasteiger partial charge is 0.494 e. The lowest BCUT2D eigenvalue weighted by molar-refractivity contribution is 0.108. The van der Waals surface area contributed by atoms with E-state index in [-0.39, 0.29) is 10.7 Å². The molecule has 0 aliphatic rings. The normalized spacial score (nSPS) is 10.5. The fourth-order valence-corrected chi connectivity index (χ4v) is 1.95. The minimum absolute atomic E-state index is 0.113. The van der Waals surface area contributed by atoms with Gasteiger partial charge in [0.25, 0.3) is 5.24 Å². The molecule has 0 amide bonds. The number of hydrogen-bond acceptors (Lipinski definition) is 3. The van der Waals surface area contributed by atoms with Crippen LogP contribution < -0.4 is 4.74 Å². The van der Waals surface area contributed by atoms with Crippen LogP contribution in [0.4, 0.5) is 0 Å². The van der Waals surface area contributed by atoms with Gasteiger partial charge >= 0.3 is 0 Å². The summed E-state index contributed by atoms with van der Waals surface area (Å²) in [6.07, 6.45) is 0. The number of fused-ring (bicyclic) bond motifs is 1. The van der Waals surface area contributed by atoms with Crippen molar-refractivity contribution < 1.29 is 9.53 Å². The Balaban J connectivity index is 2.59. The summed E-state index contributed by atoms with van der Waals surface area (Å²) in [6.45, 7) is 2.48. The van der Waals surface area contributed by atoms with Gasteiger partial charge in [0, 0.05) is 5.39 Å². The summed E-state index contributed by atoms with van der Waals surface area (Å²) in [5.41, 5.74) is 0.898. The van der Waals surface area contributed by atoms with Crippen LogP contribution in [0.5, 0.6) is 5.75 Å². The Kier molecular flexibility index (Phi) is 3.50. The SMILES string of the molecule is CCOc1ccc2nc(Cl)c(C(=O)Cl)cc2c1. The number of pyridine rings is 1. The Morgan fingerprint density at radius 3 is 2.82 bits per heavy atom. The molecule has 1 heterocycles. The van der Waals surface area contributed by atoms with Gasteiger partial charge in [-0.25, -0.2) is 4.98 Å². The van der Waals surface area contributed by atoms with Gasteiger partial charge in [-0.3, -0.25) is 4.79 Å². The summed E-state index contributed by atoms with van der Waals surface area (Å²) in [7, 11) is 0. The van der Waals surface area contributed by atoms with Crippen LogP contribution in [0.3, 0.4) is 0 Å².